The van der Waals surface area contributed by atoms with E-state index in [9.17, 15) is 9.18 Å². The Morgan fingerprint density at radius 2 is 1.78 bits per heavy atom. The molecule has 0 heterocycles. The van der Waals surface area contributed by atoms with Crippen LogP contribution in [0.15, 0.2) is 60.7 Å². The number of halogens is 1. The van der Waals surface area contributed by atoms with E-state index >= 15 is 0 Å². The zero-order chi connectivity index (χ0) is 16.2. The Kier molecular flexibility index (Phi) is 4.38. The average Bonchev–Trinajstić information content (AvgIpc) is 2.57. The highest BCUT2D eigenvalue weighted by Gasteiger charge is 2.11. The lowest BCUT2D eigenvalue weighted by atomic mass is 9.96. The molecule has 0 bridgehead atoms. The molecule has 0 aliphatic heterocycles. The van der Waals surface area contributed by atoms with Crippen LogP contribution in [0.25, 0.3) is 10.8 Å². The minimum Gasteiger partial charge on any atom is -0.462 e. The second-order valence-corrected chi connectivity index (χ2v) is 5.38. The zero-order valence-electron chi connectivity index (χ0n) is 12.9. The summed E-state index contributed by atoms with van der Waals surface area (Å²) in [4.78, 5) is 12.1. The molecule has 0 spiro atoms. The molecule has 3 heteroatoms. The van der Waals surface area contributed by atoms with Crippen LogP contribution in [-0.2, 0) is 11.2 Å². The molecule has 0 amide bonds. The van der Waals surface area contributed by atoms with Crippen LogP contribution in [0.2, 0.25) is 0 Å². The first-order valence-electron chi connectivity index (χ1n) is 7.60. The maximum atomic E-state index is 13.1. The first kappa shape index (κ1) is 15.2. The van der Waals surface area contributed by atoms with E-state index in [1.165, 1.54) is 12.1 Å². The van der Waals surface area contributed by atoms with Gasteiger partial charge in [0, 0.05) is 0 Å². The Hall–Kier alpha value is -2.68. The van der Waals surface area contributed by atoms with E-state index in [4.69, 9.17) is 4.74 Å². The summed E-state index contributed by atoms with van der Waals surface area (Å²) in [5.74, 6) is -0.572. The van der Waals surface area contributed by atoms with Gasteiger partial charge in [0.2, 0.25) is 0 Å². The van der Waals surface area contributed by atoms with Crippen LogP contribution in [0, 0.1) is 5.82 Å². The van der Waals surface area contributed by atoms with E-state index in [0.717, 1.165) is 21.9 Å². The average molecular weight is 308 g/mol. The highest BCUT2D eigenvalue weighted by Crippen LogP contribution is 2.24. The van der Waals surface area contributed by atoms with Crippen LogP contribution in [0.5, 0.6) is 0 Å². The van der Waals surface area contributed by atoms with E-state index in [0.29, 0.717) is 18.6 Å². The van der Waals surface area contributed by atoms with Crippen molar-refractivity contribution in [1.29, 1.82) is 0 Å². The van der Waals surface area contributed by atoms with E-state index in [1.807, 2.05) is 36.4 Å². The maximum absolute atomic E-state index is 13.1. The minimum absolute atomic E-state index is 0.251. The van der Waals surface area contributed by atoms with Crippen molar-refractivity contribution >= 4 is 16.7 Å². The van der Waals surface area contributed by atoms with Gasteiger partial charge in [0.15, 0.2) is 0 Å². The fraction of sp³-hybridized carbons (Fsp3) is 0.150. The Morgan fingerprint density at radius 3 is 2.52 bits per heavy atom. The van der Waals surface area contributed by atoms with Crippen molar-refractivity contribution < 1.29 is 13.9 Å². The summed E-state index contributed by atoms with van der Waals surface area (Å²) in [7, 11) is 0. The van der Waals surface area contributed by atoms with Crippen molar-refractivity contribution in [3.8, 4) is 0 Å². The predicted molar refractivity (Wildman–Crippen MR) is 89.1 cm³/mol. The van der Waals surface area contributed by atoms with Crippen LogP contribution in [0.4, 0.5) is 4.39 Å². The number of rotatable bonds is 4. The molecular formula is C20H17FO2. The molecule has 0 saturated carbocycles. The lowest BCUT2D eigenvalue weighted by Crippen LogP contribution is -2.05. The van der Waals surface area contributed by atoms with Gasteiger partial charge < -0.3 is 4.74 Å². The van der Waals surface area contributed by atoms with Gasteiger partial charge in [-0.1, -0.05) is 36.4 Å². The fourth-order valence-electron chi connectivity index (χ4n) is 2.69. The number of hydrogen-bond donors (Lipinski definition) is 0. The van der Waals surface area contributed by atoms with Gasteiger partial charge in [-0.15, -0.1) is 0 Å². The molecule has 0 aliphatic carbocycles. The number of carbonyl (C=O) groups excluding carboxylic acids is 1. The molecule has 0 unspecified atom stereocenters. The first-order chi connectivity index (χ1) is 11.2. The van der Waals surface area contributed by atoms with Crippen LogP contribution in [0.1, 0.15) is 28.4 Å². The number of hydrogen-bond acceptors (Lipinski definition) is 2. The molecule has 2 nitrogen and oxygen atoms in total. The number of ether oxygens (including phenoxy) is 1. The van der Waals surface area contributed by atoms with Gasteiger partial charge in [-0.05, 0) is 59.5 Å². The summed E-state index contributed by atoms with van der Waals surface area (Å²) < 4.78 is 18.2. The highest BCUT2D eigenvalue weighted by molar-refractivity contribution is 5.97. The Morgan fingerprint density at radius 1 is 1.04 bits per heavy atom. The number of benzene rings is 3. The predicted octanol–water partition coefficient (Wildman–Crippen LogP) is 4.75. The molecule has 0 atom stereocenters. The standard InChI is InChI=1S/C20H17FO2/c1-2-23-20(22)17-12-15-5-3-4-6-19(15)16(13-17)11-14-7-9-18(21)10-8-14/h3-10,12-13H,2,11H2,1H3. The van der Waals surface area contributed by atoms with Crippen LogP contribution < -0.4 is 0 Å². The quantitative estimate of drug-likeness (QED) is 0.650. The monoisotopic (exact) mass is 308 g/mol. The third-order valence-electron chi connectivity index (χ3n) is 3.77. The van der Waals surface area contributed by atoms with Gasteiger partial charge in [-0.25, -0.2) is 9.18 Å². The molecule has 0 saturated heterocycles. The number of fused-ring (bicyclic) bond motifs is 1. The molecule has 0 radical (unpaired) electrons. The van der Waals surface area contributed by atoms with Crippen molar-refractivity contribution in [2.45, 2.75) is 13.3 Å². The van der Waals surface area contributed by atoms with Gasteiger partial charge in [0.05, 0.1) is 12.2 Å². The summed E-state index contributed by atoms with van der Waals surface area (Å²) in [6.07, 6.45) is 0.633. The van der Waals surface area contributed by atoms with Gasteiger partial charge in [0.1, 0.15) is 5.82 Å². The van der Waals surface area contributed by atoms with Crippen LogP contribution >= 0.6 is 0 Å². The van der Waals surface area contributed by atoms with Crippen molar-refractivity contribution in [1.82, 2.24) is 0 Å². The van der Waals surface area contributed by atoms with Gasteiger partial charge in [-0.2, -0.15) is 0 Å². The Balaban J connectivity index is 2.06. The summed E-state index contributed by atoms with van der Waals surface area (Å²) >= 11 is 0. The second kappa shape index (κ2) is 6.61. The minimum atomic E-state index is -0.321. The number of esters is 1. The molecule has 0 aliphatic rings. The van der Waals surface area contributed by atoms with E-state index < -0.39 is 0 Å². The summed E-state index contributed by atoms with van der Waals surface area (Å²) in [6.45, 7) is 2.14. The molecule has 3 rings (SSSR count). The highest BCUT2D eigenvalue weighted by atomic mass is 19.1. The topological polar surface area (TPSA) is 26.3 Å². The molecule has 116 valence electrons. The summed E-state index contributed by atoms with van der Waals surface area (Å²) in [5, 5.41) is 2.08. The third kappa shape index (κ3) is 3.39. The van der Waals surface area contributed by atoms with Crippen molar-refractivity contribution in [2.75, 3.05) is 6.61 Å². The van der Waals surface area contributed by atoms with Crippen molar-refractivity contribution in [2.24, 2.45) is 0 Å². The fourth-order valence-corrected chi connectivity index (χ4v) is 2.69. The number of carbonyl (C=O) groups is 1. The van der Waals surface area contributed by atoms with E-state index in [-0.39, 0.29) is 11.8 Å². The Labute approximate surface area is 134 Å². The maximum Gasteiger partial charge on any atom is 0.338 e. The SMILES string of the molecule is CCOC(=O)c1cc(Cc2ccc(F)cc2)c2ccccc2c1. The van der Waals surface area contributed by atoms with Crippen LogP contribution in [-0.4, -0.2) is 12.6 Å². The lowest BCUT2D eigenvalue weighted by Gasteiger charge is -2.10. The molecule has 23 heavy (non-hydrogen) atoms. The summed E-state index contributed by atoms with van der Waals surface area (Å²) in [5.41, 5.74) is 2.57. The van der Waals surface area contributed by atoms with Crippen molar-refractivity contribution in [3.63, 3.8) is 0 Å². The largest absolute Gasteiger partial charge is 0.462 e. The smallest absolute Gasteiger partial charge is 0.338 e. The lowest BCUT2D eigenvalue weighted by molar-refractivity contribution is 0.0526. The van der Waals surface area contributed by atoms with E-state index in [2.05, 4.69) is 0 Å². The van der Waals surface area contributed by atoms with E-state index in [1.54, 1.807) is 19.1 Å². The molecule has 3 aromatic rings. The van der Waals surface area contributed by atoms with Gasteiger partial charge >= 0.3 is 5.97 Å². The summed E-state index contributed by atoms with van der Waals surface area (Å²) in [6, 6.07) is 18.1. The van der Waals surface area contributed by atoms with Gasteiger partial charge in [-0.3, -0.25) is 0 Å². The normalized spacial score (nSPS) is 10.7. The second-order valence-electron chi connectivity index (χ2n) is 5.38. The molecule has 0 aromatic heterocycles. The van der Waals surface area contributed by atoms with Crippen molar-refractivity contribution in [3.05, 3.63) is 83.2 Å². The third-order valence-corrected chi connectivity index (χ3v) is 3.77. The first-order valence-corrected chi connectivity index (χ1v) is 7.60. The Bertz CT molecular complexity index is 838. The zero-order valence-corrected chi connectivity index (χ0v) is 12.9. The molecule has 0 fully saturated rings. The molecule has 0 N–H and O–H groups in total. The van der Waals surface area contributed by atoms with Gasteiger partial charge in [0.25, 0.3) is 0 Å². The molecule has 3 aromatic carbocycles. The molecular weight excluding hydrogens is 291 g/mol. The van der Waals surface area contributed by atoms with Crippen LogP contribution in [0.3, 0.4) is 0 Å².